The summed E-state index contributed by atoms with van der Waals surface area (Å²) in [4.78, 5) is 12.7. The highest BCUT2D eigenvalue weighted by Crippen LogP contribution is 2.21. The minimum absolute atomic E-state index is 0.259. The molecule has 2 N–H and O–H groups in total. The van der Waals surface area contributed by atoms with E-state index in [1.54, 1.807) is 12.1 Å². The van der Waals surface area contributed by atoms with E-state index in [1.807, 2.05) is 12.1 Å². The number of aliphatic hydroxyl groups excluding tert-OH is 1. The lowest BCUT2D eigenvalue weighted by Crippen LogP contribution is -2.21. The second-order valence-electron chi connectivity index (χ2n) is 3.88. The van der Waals surface area contributed by atoms with Crippen LogP contribution in [0, 0.1) is 0 Å². The summed E-state index contributed by atoms with van der Waals surface area (Å²) in [5.74, 6) is -0.995. The molecule has 0 spiro atoms. The van der Waals surface area contributed by atoms with Gasteiger partial charge >= 0.3 is 5.97 Å². The summed E-state index contributed by atoms with van der Waals surface area (Å²) in [6.45, 7) is 6.01. The lowest BCUT2D eigenvalue weighted by molar-refractivity contribution is -0.139. The largest absolute Gasteiger partial charge is 0.481 e. The van der Waals surface area contributed by atoms with E-state index < -0.39 is 12.1 Å². The van der Waals surface area contributed by atoms with Gasteiger partial charge in [-0.3, -0.25) is 4.79 Å². The van der Waals surface area contributed by atoms with Gasteiger partial charge in [0.2, 0.25) is 0 Å². The average Bonchev–Trinajstić information content (AvgIpc) is 2.30. The Hall–Kier alpha value is -1.55. The van der Waals surface area contributed by atoms with Crippen LogP contribution in [0.3, 0.4) is 0 Å². The van der Waals surface area contributed by atoms with Crippen molar-refractivity contribution in [2.24, 2.45) is 0 Å². The summed E-state index contributed by atoms with van der Waals surface area (Å²) in [5, 5.41) is 18.2. The van der Waals surface area contributed by atoms with Gasteiger partial charge in [0, 0.05) is 18.8 Å². The lowest BCUT2D eigenvalue weighted by Gasteiger charge is -2.21. The first kappa shape index (κ1) is 13.5. The summed E-state index contributed by atoms with van der Waals surface area (Å²) in [6.07, 6.45) is -1.19. The fourth-order valence-electron chi connectivity index (χ4n) is 1.78. The van der Waals surface area contributed by atoms with E-state index in [2.05, 4.69) is 18.7 Å². The van der Waals surface area contributed by atoms with E-state index in [0.717, 1.165) is 18.8 Å². The summed E-state index contributed by atoms with van der Waals surface area (Å²) < 4.78 is 0. The van der Waals surface area contributed by atoms with Gasteiger partial charge in [-0.15, -0.1) is 0 Å². The van der Waals surface area contributed by atoms with Crippen molar-refractivity contribution in [1.29, 1.82) is 0 Å². The molecular weight excluding hydrogens is 218 g/mol. The standard InChI is InChI=1S/C13H19NO3/c1-3-14(4-2)11-7-5-10(6-8-11)12(15)9-13(16)17/h5-8,12,15H,3-4,9H2,1-2H3,(H,16,17)/t12-/m1/s1. The zero-order chi connectivity index (χ0) is 12.8. The predicted octanol–water partition coefficient (Wildman–Crippen LogP) is 2.04. The number of carboxylic acids is 1. The van der Waals surface area contributed by atoms with Gasteiger partial charge in [-0.1, -0.05) is 12.1 Å². The number of aliphatic hydroxyl groups is 1. The highest BCUT2D eigenvalue weighted by molar-refractivity contribution is 5.67. The molecule has 0 radical (unpaired) electrons. The smallest absolute Gasteiger partial charge is 0.306 e. The molecule has 0 saturated heterocycles. The van der Waals surface area contributed by atoms with Crippen LogP contribution in [0.4, 0.5) is 5.69 Å². The van der Waals surface area contributed by atoms with Gasteiger partial charge in [0.25, 0.3) is 0 Å². The quantitative estimate of drug-likeness (QED) is 0.795. The van der Waals surface area contributed by atoms with E-state index in [1.165, 1.54) is 0 Å². The number of aliphatic carboxylic acids is 1. The van der Waals surface area contributed by atoms with Crippen molar-refractivity contribution in [2.45, 2.75) is 26.4 Å². The molecule has 0 amide bonds. The summed E-state index contributed by atoms with van der Waals surface area (Å²) in [6, 6.07) is 7.38. The van der Waals surface area contributed by atoms with Crippen molar-refractivity contribution in [2.75, 3.05) is 18.0 Å². The molecule has 0 unspecified atom stereocenters. The van der Waals surface area contributed by atoms with Crippen molar-refractivity contribution in [1.82, 2.24) is 0 Å². The first-order valence-corrected chi connectivity index (χ1v) is 5.83. The molecule has 17 heavy (non-hydrogen) atoms. The molecule has 1 rings (SSSR count). The summed E-state index contributed by atoms with van der Waals surface area (Å²) in [7, 11) is 0. The molecule has 0 bridgehead atoms. The van der Waals surface area contributed by atoms with Gasteiger partial charge in [0.15, 0.2) is 0 Å². The Kier molecular flexibility index (Phi) is 4.97. The Morgan fingerprint density at radius 1 is 1.24 bits per heavy atom. The van der Waals surface area contributed by atoms with E-state index in [9.17, 15) is 9.90 Å². The van der Waals surface area contributed by atoms with Crippen molar-refractivity contribution in [3.8, 4) is 0 Å². The van der Waals surface area contributed by atoms with E-state index in [4.69, 9.17) is 5.11 Å². The van der Waals surface area contributed by atoms with Crippen LogP contribution < -0.4 is 4.90 Å². The summed E-state index contributed by atoms with van der Waals surface area (Å²) >= 11 is 0. The van der Waals surface area contributed by atoms with Crippen LogP contribution in [-0.4, -0.2) is 29.3 Å². The van der Waals surface area contributed by atoms with Gasteiger partial charge < -0.3 is 15.1 Å². The van der Waals surface area contributed by atoms with Crippen molar-refractivity contribution in [3.63, 3.8) is 0 Å². The van der Waals surface area contributed by atoms with Crippen molar-refractivity contribution < 1.29 is 15.0 Å². The summed E-state index contributed by atoms with van der Waals surface area (Å²) in [5.41, 5.74) is 1.73. The third kappa shape index (κ3) is 3.75. The highest BCUT2D eigenvalue weighted by Gasteiger charge is 2.12. The minimum Gasteiger partial charge on any atom is -0.481 e. The number of nitrogens with zero attached hydrogens (tertiary/aromatic N) is 1. The molecule has 94 valence electrons. The number of anilines is 1. The molecule has 0 heterocycles. The lowest BCUT2D eigenvalue weighted by atomic mass is 10.1. The Balaban J connectivity index is 2.76. The zero-order valence-electron chi connectivity index (χ0n) is 10.3. The van der Waals surface area contributed by atoms with Gasteiger partial charge in [0.05, 0.1) is 12.5 Å². The Bertz CT molecular complexity index is 357. The predicted molar refractivity (Wildman–Crippen MR) is 67.2 cm³/mol. The van der Waals surface area contributed by atoms with Crippen LogP contribution in [0.15, 0.2) is 24.3 Å². The fourth-order valence-corrected chi connectivity index (χ4v) is 1.78. The molecule has 0 saturated carbocycles. The third-order valence-corrected chi connectivity index (χ3v) is 2.77. The van der Waals surface area contributed by atoms with Crippen LogP contribution in [0.2, 0.25) is 0 Å². The zero-order valence-corrected chi connectivity index (χ0v) is 10.3. The van der Waals surface area contributed by atoms with Crippen LogP contribution >= 0.6 is 0 Å². The maximum absolute atomic E-state index is 10.5. The number of hydrogen-bond donors (Lipinski definition) is 2. The topological polar surface area (TPSA) is 60.8 Å². The van der Waals surface area contributed by atoms with Crippen LogP contribution in [-0.2, 0) is 4.79 Å². The fraction of sp³-hybridized carbons (Fsp3) is 0.462. The maximum atomic E-state index is 10.5. The number of benzene rings is 1. The normalized spacial score (nSPS) is 12.2. The second-order valence-corrected chi connectivity index (χ2v) is 3.88. The number of carbonyl (C=O) groups is 1. The van der Waals surface area contributed by atoms with Gasteiger partial charge in [-0.25, -0.2) is 0 Å². The van der Waals surface area contributed by atoms with Gasteiger partial charge in [0.1, 0.15) is 0 Å². The third-order valence-electron chi connectivity index (χ3n) is 2.77. The second kappa shape index (κ2) is 6.25. The van der Waals surface area contributed by atoms with E-state index >= 15 is 0 Å². The molecule has 0 fully saturated rings. The maximum Gasteiger partial charge on any atom is 0.306 e. The number of rotatable bonds is 6. The highest BCUT2D eigenvalue weighted by atomic mass is 16.4. The first-order valence-electron chi connectivity index (χ1n) is 5.83. The first-order chi connectivity index (χ1) is 8.08. The minimum atomic E-state index is -0.995. The molecule has 0 aliphatic heterocycles. The van der Waals surface area contributed by atoms with Crippen molar-refractivity contribution >= 4 is 11.7 Å². The molecule has 4 nitrogen and oxygen atoms in total. The van der Waals surface area contributed by atoms with E-state index in [0.29, 0.717) is 5.56 Å². The molecule has 0 aliphatic rings. The number of carboxylic acid groups (broad SMARTS) is 1. The monoisotopic (exact) mass is 237 g/mol. The Morgan fingerprint density at radius 3 is 2.18 bits per heavy atom. The molecule has 0 aromatic heterocycles. The molecule has 1 aromatic rings. The Morgan fingerprint density at radius 2 is 1.76 bits per heavy atom. The SMILES string of the molecule is CCN(CC)c1ccc([C@H](O)CC(=O)O)cc1. The molecule has 1 aromatic carbocycles. The van der Waals surface area contributed by atoms with E-state index in [-0.39, 0.29) is 6.42 Å². The molecule has 0 aliphatic carbocycles. The van der Waals surface area contributed by atoms with Gasteiger partial charge in [-0.05, 0) is 31.5 Å². The molecule has 1 atom stereocenters. The van der Waals surface area contributed by atoms with Crippen molar-refractivity contribution in [3.05, 3.63) is 29.8 Å². The Labute approximate surface area is 101 Å². The van der Waals surface area contributed by atoms with Crippen LogP contribution in [0.5, 0.6) is 0 Å². The molecule has 4 heteroatoms. The number of hydrogen-bond acceptors (Lipinski definition) is 3. The van der Waals surface area contributed by atoms with Gasteiger partial charge in [-0.2, -0.15) is 0 Å². The molecular formula is C13H19NO3. The van der Waals surface area contributed by atoms with Crippen LogP contribution in [0.25, 0.3) is 0 Å². The average molecular weight is 237 g/mol. The van der Waals surface area contributed by atoms with Crippen LogP contribution in [0.1, 0.15) is 31.9 Å².